The van der Waals surface area contributed by atoms with Crippen molar-refractivity contribution in [1.82, 2.24) is 24.1 Å². The molecule has 0 saturated heterocycles. The molecule has 6 nitrogen and oxygen atoms in total. The lowest BCUT2D eigenvalue weighted by molar-refractivity contribution is 0.339. The second-order valence-corrected chi connectivity index (χ2v) is 8.88. The van der Waals surface area contributed by atoms with Gasteiger partial charge in [-0.05, 0) is 56.5 Å². The van der Waals surface area contributed by atoms with Crippen molar-refractivity contribution < 1.29 is 0 Å². The molecule has 0 N–H and O–H groups in total. The first-order chi connectivity index (χ1) is 15.6. The van der Waals surface area contributed by atoms with E-state index in [0.717, 1.165) is 53.8 Å². The van der Waals surface area contributed by atoms with Gasteiger partial charge in [0.25, 0.3) is 5.56 Å². The Balaban J connectivity index is 1.77. The van der Waals surface area contributed by atoms with Crippen LogP contribution < -0.4 is 5.56 Å². The number of para-hydroxylation sites is 2. The third-order valence-corrected chi connectivity index (χ3v) is 6.68. The molecule has 1 fully saturated rings. The van der Waals surface area contributed by atoms with Crippen LogP contribution in [0.15, 0.2) is 53.3 Å². The molecule has 1 aliphatic rings. The second kappa shape index (κ2) is 7.26. The van der Waals surface area contributed by atoms with E-state index in [4.69, 9.17) is 15.0 Å². The second-order valence-electron chi connectivity index (χ2n) is 8.88. The first-order valence-electron chi connectivity index (χ1n) is 11.4. The monoisotopic (exact) mass is 423 g/mol. The van der Waals surface area contributed by atoms with E-state index in [-0.39, 0.29) is 11.6 Å². The molecule has 6 heteroatoms. The van der Waals surface area contributed by atoms with Gasteiger partial charge in [0.15, 0.2) is 11.3 Å². The molecule has 0 amide bonds. The molecule has 1 aliphatic carbocycles. The van der Waals surface area contributed by atoms with Crippen LogP contribution in [-0.2, 0) is 0 Å². The maximum atomic E-state index is 14.0. The molecule has 0 unspecified atom stereocenters. The van der Waals surface area contributed by atoms with E-state index in [2.05, 4.69) is 19.1 Å². The molecule has 5 aromatic rings. The molecule has 160 valence electrons. The van der Waals surface area contributed by atoms with E-state index in [9.17, 15) is 4.79 Å². The van der Waals surface area contributed by atoms with E-state index in [1.165, 1.54) is 6.42 Å². The predicted molar refractivity (Wildman–Crippen MR) is 128 cm³/mol. The van der Waals surface area contributed by atoms with Crippen molar-refractivity contribution in [2.24, 2.45) is 0 Å². The van der Waals surface area contributed by atoms with Crippen molar-refractivity contribution in [2.45, 2.75) is 52.0 Å². The molecule has 0 atom stereocenters. The molecule has 1 saturated carbocycles. The summed E-state index contributed by atoms with van der Waals surface area (Å²) in [6.07, 6.45) is 5.61. The highest BCUT2D eigenvalue weighted by atomic mass is 16.1. The lowest BCUT2D eigenvalue weighted by Crippen LogP contribution is -2.29. The third-order valence-electron chi connectivity index (χ3n) is 6.68. The summed E-state index contributed by atoms with van der Waals surface area (Å²) >= 11 is 0. The van der Waals surface area contributed by atoms with Gasteiger partial charge in [-0.15, -0.1) is 0 Å². The van der Waals surface area contributed by atoms with E-state index >= 15 is 0 Å². The van der Waals surface area contributed by atoms with Crippen molar-refractivity contribution >= 4 is 33.2 Å². The summed E-state index contributed by atoms with van der Waals surface area (Å²) in [6, 6.07) is 16.2. The molecule has 0 radical (unpaired) electrons. The van der Waals surface area contributed by atoms with Crippen LogP contribution in [0.1, 0.15) is 49.5 Å². The fourth-order valence-corrected chi connectivity index (χ4v) is 5.19. The average Bonchev–Trinajstić information content (AvgIpc) is 3.11. The van der Waals surface area contributed by atoms with Crippen molar-refractivity contribution in [1.29, 1.82) is 0 Å². The Kier molecular flexibility index (Phi) is 4.35. The highest BCUT2D eigenvalue weighted by molar-refractivity contribution is 6.05. The van der Waals surface area contributed by atoms with Gasteiger partial charge >= 0.3 is 0 Å². The number of rotatable bonds is 2. The highest BCUT2D eigenvalue weighted by Crippen LogP contribution is 2.32. The fourth-order valence-electron chi connectivity index (χ4n) is 5.19. The molecular weight excluding hydrogens is 398 g/mol. The lowest BCUT2D eigenvalue weighted by Gasteiger charge is -2.25. The molecular formula is C26H25N5O. The standard InChI is InChI=1S/C26H25N5O/c1-16-9-8-12-19(15-16)31-24-22(23-25(31)29-21-14-7-6-13-20(21)28-23)26(32)30(17(2)27-24)18-10-4-3-5-11-18/h6-9,12-15,18H,3-5,10-11H2,1-2H3. The van der Waals surface area contributed by atoms with Crippen LogP contribution in [0.2, 0.25) is 0 Å². The zero-order chi connectivity index (χ0) is 21.8. The Morgan fingerprint density at radius 2 is 1.59 bits per heavy atom. The first-order valence-corrected chi connectivity index (χ1v) is 11.4. The van der Waals surface area contributed by atoms with Gasteiger partial charge in [-0.1, -0.05) is 43.5 Å². The van der Waals surface area contributed by atoms with Gasteiger partial charge < -0.3 is 0 Å². The Labute approximate surface area is 185 Å². The number of fused-ring (bicyclic) bond motifs is 4. The summed E-state index contributed by atoms with van der Waals surface area (Å²) in [4.78, 5) is 28.8. The van der Waals surface area contributed by atoms with Crippen molar-refractivity contribution in [3.63, 3.8) is 0 Å². The van der Waals surface area contributed by atoms with Crippen LogP contribution in [-0.4, -0.2) is 24.1 Å². The smallest absolute Gasteiger partial charge is 0.265 e. The van der Waals surface area contributed by atoms with Crippen LogP contribution in [0.3, 0.4) is 0 Å². The molecule has 0 aliphatic heterocycles. The largest absolute Gasteiger partial charge is 0.293 e. The Bertz CT molecular complexity index is 1560. The Hall–Kier alpha value is -3.54. The van der Waals surface area contributed by atoms with E-state index in [0.29, 0.717) is 22.2 Å². The molecule has 0 spiro atoms. The van der Waals surface area contributed by atoms with E-state index in [1.54, 1.807) is 0 Å². The van der Waals surface area contributed by atoms with Crippen molar-refractivity contribution in [3.8, 4) is 5.69 Å². The number of hydrogen-bond acceptors (Lipinski definition) is 4. The number of aryl methyl sites for hydroxylation is 2. The molecule has 2 aromatic carbocycles. The zero-order valence-electron chi connectivity index (χ0n) is 18.4. The predicted octanol–water partition coefficient (Wildman–Crippen LogP) is 5.41. The van der Waals surface area contributed by atoms with Crippen LogP contribution in [0.5, 0.6) is 0 Å². The maximum Gasteiger partial charge on any atom is 0.265 e. The lowest BCUT2D eigenvalue weighted by atomic mass is 9.95. The summed E-state index contributed by atoms with van der Waals surface area (Å²) in [6.45, 7) is 4.01. The van der Waals surface area contributed by atoms with Crippen molar-refractivity contribution in [2.75, 3.05) is 0 Å². The minimum atomic E-state index is 0.000356. The molecule has 0 bridgehead atoms. The van der Waals surface area contributed by atoms with Gasteiger partial charge in [0.2, 0.25) is 0 Å². The summed E-state index contributed by atoms with van der Waals surface area (Å²) in [5.74, 6) is 0.760. The Morgan fingerprint density at radius 3 is 2.34 bits per heavy atom. The SMILES string of the molecule is Cc1cccc(-n2c3nc4ccccc4nc3c3c(=O)n(C4CCCCC4)c(C)nc32)c1. The first kappa shape index (κ1) is 19.2. The van der Waals surface area contributed by atoms with Crippen molar-refractivity contribution in [3.05, 3.63) is 70.3 Å². The maximum absolute atomic E-state index is 14.0. The van der Waals surface area contributed by atoms with Gasteiger partial charge in [0, 0.05) is 11.7 Å². The normalized spacial score (nSPS) is 15.2. The quantitative estimate of drug-likeness (QED) is 0.381. The number of aromatic nitrogens is 5. The van der Waals surface area contributed by atoms with Crippen LogP contribution in [0.25, 0.3) is 38.9 Å². The fraction of sp³-hybridized carbons (Fsp3) is 0.308. The van der Waals surface area contributed by atoms with Gasteiger partial charge in [0.1, 0.15) is 16.7 Å². The third kappa shape index (κ3) is 2.86. The van der Waals surface area contributed by atoms with Gasteiger partial charge in [0.05, 0.1) is 11.0 Å². The summed E-state index contributed by atoms with van der Waals surface area (Å²) in [5.41, 5.74) is 5.61. The summed E-state index contributed by atoms with van der Waals surface area (Å²) in [5, 5.41) is 0.566. The Morgan fingerprint density at radius 1 is 0.844 bits per heavy atom. The summed E-state index contributed by atoms with van der Waals surface area (Å²) in [7, 11) is 0. The topological polar surface area (TPSA) is 65.6 Å². The molecule has 3 aromatic heterocycles. The number of benzene rings is 2. The van der Waals surface area contributed by atoms with E-state index < -0.39 is 0 Å². The van der Waals surface area contributed by atoms with Crippen LogP contribution >= 0.6 is 0 Å². The van der Waals surface area contributed by atoms with Gasteiger partial charge in [-0.3, -0.25) is 13.9 Å². The highest BCUT2D eigenvalue weighted by Gasteiger charge is 2.25. The van der Waals surface area contributed by atoms with Crippen LogP contribution in [0.4, 0.5) is 0 Å². The number of hydrogen-bond donors (Lipinski definition) is 0. The molecule has 3 heterocycles. The average molecular weight is 424 g/mol. The minimum Gasteiger partial charge on any atom is -0.293 e. The molecule has 32 heavy (non-hydrogen) atoms. The molecule has 6 rings (SSSR count). The number of nitrogens with zero attached hydrogens (tertiary/aromatic N) is 5. The van der Waals surface area contributed by atoms with Gasteiger partial charge in [-0.2, -0.15) is 0 Å². The van der Waals surface area contributed by atoms with Crippen LogP contribution in [0, 0.1) is 13.8 Å². The summed E-state index contributed by atoms with van der Waals surface area (Å²) < 4.78 is 3.91. The minimum absolute atomic E-state index is 0.000356. The van der Waals surface area contributed by atoms with E-state index in [1.807, 2.05) is 52.5 Å². The van der Waals surface area contributed by atoms with Gasteiger partial charge in [-0.25, -0.2) is 15.0 Å². The zero-order valence-corrected chi connectivity index (χ0v) is 18.4.